The first kappa shape index (κ1) is 16.5. The van der Waals surface area contributed by atoms with Crippen molar-refractivity contribution in [2.45, 2.75) is 70.6 Å². The average molecular weight is 293 g/mol. The summed E-state index contributed by atoms with van der Waals surface area (Å²) in [5, 5.41) is 8.19. The molecular weight excluding hydrogens is 262 g/mol. The van der Waals surface area contributed by atoms with E-state index in [-0.39, 0.29) is 5.60 Å². The normalized spacial score (nSPS) is 28.0. The van der Waals surface area contributed by atoms with E-state index < -0.39 is 0 Å². The van der Waals surface area contributed by atoms with Crippen LogP contribution in [0.15, 0.2) is 12.3 Å². The van der Waals surface area contributed by atoms with E-state index in [1.54, 1.807) is 0 Å². The number of ether oxygens (including phenoxy) is 1. The van der Waals surface area contributed by atoms with Crippen molar-refractivity contribution >= 4 is 0 Å². The van der Waals surface area contributed by atoms with E-state index >= 15 is 0 Å². The molecule has 1 heterocycles. The monoisotopic (exact) mass is 293 g/mol. The average Bonchev–Trinajstić information content (AvgIpc) is 2.93. The topological polar surface area (TPSA) is 39.1 Å². The van der Waals surface area contributed by atoms with Gasteiger partial charge in [-0.1, -0.05) is 19.8 Å². The van der Waals surface area contributed by atoms with E-state index in [1.807, 2.05) is 18.8 Å². The lowest BCUT2D eigenvalue weighted by Crippen LogP contribution is -2.54. The minimum atomic E-state index is -0.0476. The van der Waals surface area contributed by atoms with Gasteiger partial charge in [0.1, 0.15) is 0 Å². The third-order valence-electron chi connectivity index (χ3n) is 4.99. The summed E-state index contributed by atoms with van der Waals surface area (Å²) < 4.78 is 8.06. The maximum absolute atomic E-state index is 6.03. The van der Waals surface area contributed by atoms with Crippen LogP contribution in [0.1, 0.15) is 58.2 Å². The molecular formula is C17H31N3O. The Morgan fingerprint density at radius 2 is 2.29 bits per heavy atom. The summed E-state index contributed by atoms with van der Waals surface area (Å²) in [6.07, 6.45) is 7.87. The maximum Gasteiger partial charge on any atom is 0.0837 e. The molecule has 1 aliphatic rings. The van der Waals surface area contributed by atoms with Crippen LogP contribution in [0.5, 0.6) is 0 Å². The first-order valence-electron chi connectivity index (χ1n) is 8.27. The van der Waals surface area contributed by atoms with Crippen LogP contribution in [0.4, 0.5) is 0 Å². The van der Waals surface area contributed by atoms with Gasteiger partial charge in [-0.2, -0.15) is 5.10 Å². The molecule has 1 N–H and O–H groups in total. The van der Waals surface area contributed by atoms with E-state index in [4.69, 9.17) is 9.84 Å². The zero-order valence-electron chi connectivity index (χ0n) is 14.2. The standard InChI is InChI=1S/C17H31N3O/c1-13(2)20-10-8-15(19-20)11-16(18-4)17(21-5)9-6-7-14(3)12-17/h8,10,13-14,16,18H,6-7,9,11-12H2,1-5H3. The SMILES string of the molecule is CNC(Cc1ccn(C(C)C)n1)C1(OC)CCCC(C)C1. The maximum atomic E-state index is 6.03. The molecule has 1 aromatic rings. The van der Waals surface area contributed by atoms with Gasteiger partial charge in [0.15, 0.2) is 0 Å². The fourth-order valence-electron chi connectivity index (χ4n) is 3.72. The molecule has 4 nitrogen and oxygen atoms in total. The van der Waals surface area contributed by atoms with Crippen LogP contribution < -0.4 is 5.32 Å². The van der Waals surface area contributed by atoms with E-state index in [0.29, 0.717) is 12.1 Å². The summed E-state index contributed by atoms with van der Waals surface area (Å²) in [5.74, 6) is 0.739. The van der Waals surface area contributed by atoms with Crippen LogP contribution in [0.25, 0.3) is 0 Å². The number of likely N-dealkylation sites (N-methyl/N-ethyl adjacent to an activating group) is 1. The molecule has 0 aromatic carbocycles. The fraction of sp³-hybridized carbons (Fsp3) is 0.824. The molecule has 1 fully saturated rings. The Balaban J connectivity index is 2.13. The van der Waals surface area contributed by atoms with Crippen molar-refractivity contribution in [3.8, 4) is 0 Å². The van der Waals surface area contributed by atoms with Crippen molar-refractivity contribution in [1.29, 1.82) is 0 Å². The highest BCUT2D eigenvalue weighted by Crippen LogP contribution is 2.38. The first-order valence-corrected chi connectivity index (χ1v) is 8.27. The quantitative estimate of drug-likeness (QED) is 0.875. The molecule has 21 heavy (non-hydrogen) atoms. The summed E-state index contributed by atoms with van der Waals surface area (Å²) in [6, 6.07) is 2.87. The molecule has 0 amide bonds. The molecule has 0 radical (unpaired) electrons. The molecule has 3 atom stereocenters. The van der Waals surface area contributed by atoms with Gasteiger partial charge in [-0.05, 0) is 45.7 Å². The van der Waals surface area contributed by atoms with Gasteiger partial charge in [0.05, 0.1) is 11.3 Å². The van der Waals surface area contributed by atoms with E-state index in [2.05, 4.69) is 38.4 Å². The molecule has 4 heteroatoms. The highest BCUT2D eigenvalue weighted by molar-refractivity contribution is 5.07. The molecule has 1 aromatic heterocycles. The smallest absolute Gasteiger partial charge is 0.0837 e. The lowest BCUT2D eigenvalue weighted by atomic mass is 9.73. The Morgan fingerprint density at radius 3 is 2.81 bits per heavy atom. The zero-order valence-corrected chi connectivity index (χ0v) is 14.2. The van der Waals surface area contributed by atoms with Crippen LogP contribution in [0.2, 0.25) is 0 Å². The van der Waals surface area contributed by atoms with Crippen molar-refractivity contribution in [2.75, 3.05) is 14.2 Å². The van der Waals surface area contributed by atoms with Crippen molar-refractivity contribution < 1.29 is 4.74 Å². The molecule has 0 aliphatic heterocycles. The second-order valence-electron chi connectivity index (χ2n) is 6.90. The number of nitrogens with zero attached hydrogens (tertiary/aromatic N) is 2. The fourth-order valence-corrected chi connectivity index (χ4v) is 3.72. The first-order chi connectivity index (χ1) is 10.0. The minimum Gasteiger partial charge on any atom is -0.377 e. The predicted molar refractivity (Wildman–Crippen MR) is 86.5 cm³/mol. The van der Waals surface area contributed by atoms with Crippen molar-refractivity contribution in [3.05, 3.63) is 18.0 Å². The number of hydrogen-bond donors (Lipinski definition) is 1. The van der Waals surface area contributed by atoms with E-state index in [9.17, 15) is 0 Å². The second kappa shape index (κ2) is 6.93. The van der Waals surface area contributed by atoms with Crippen LogP contribution >= 0.6 is 0 Å². The van der Waals surface area contributed by atoms with Gasteiger partial charge in [0.25, 0.3) is 0 Å². The van der Waals surface area contributed by atoms with Crippen molar-refractivity contribution in [1.82, 2.24) is 15.1 Å². The highest BCUT2D eigenvalue weighted by Gasteiger charge is 2.41. The van der Waals surface area contributed by atoms with Gasteiger partial charge in [-0.25, -0.2) is 0 Å². The number of hydrogen-bond acceptors (Lipinski definition) is 3. The van der Waals surface area contributed by atoms with Crippen LogP contribution in [0.3, 0.4) is 0 Å². The van der Waals surface area contributed by atoms with Gasteiger partial charge in [0, 0.05) is 31.8 Å². The molecule has 2 rings (SSSR count). The molecule has 0 bridgehead atoms. The number of aromatic nitrogens is 2. The highest BCUT2D eigenvalue weighted by atomic mass is 16.5. The summed E-state index contributed by atoms with van der Waals surface area (Å²) in [5.41, 5.74) is 1.10. The number of nitrogens with one attached hydrogen (secondary N) is 1. The van der Waals surface area contributed by atoms with Crippen LogP contribution in [-0.2, 0) is 11.2 Å². The van der Waals surface area contributed by atoms with Gasteiger partial charge in [-0.15, -0.1) is 0 Å². The Labute approximate surface area is 129 Å². The third-order valence-corrected chi connectivity index (χ3v) is 4.99. The summed E-state index contributed by atoms with van der Waals surface area (Å²) >= 11 is 0. The van der Waals surface area contributed by atoms with Gasteiger partial charge in [0.2, 0.25) is 0 Å². The van der Waals surface area contributed by atoms with Gasteiger partial charge in [-0.3, -0.25) is 4.68 Å². The summed E-state index contributed by atoms with van der Waals surface area (Å²) in [4.78, 5) is 0. The minimum absolute atomic E-state index is 0.0476. The van der Waals surface area contributed by atoms with E-state index in [0.717, 1.165) is 30.9 Å². The zero-order chi connectivity index (χ0) is 15.5. The molecule has 0 spiro atoms. The summed E-state index contributed by atoms with van der Waals surface area (Å²) in [7, 11) is 3.92. The number of methoxy groups -OCH3 is 1. The molecule has 0 saturated heterocycles. The second-order valence-corrected chi connectivity index (χ2v) is 6.90. The Morgan fingerprint density at radius 1 is 1.52 bits per heavy atom. The van der Waals surface area contributed by atoms with Gasteiger partial charge >= 0.3 is 0 Å². The molecule has 120 valence electrons. The van der Waals surface area contributed by atoms with Gasteiger partial charge < -0.3 is 10.1 Å². The molecule has 3 unspecified atom stereocenters. The van der Waals surface area contributed by atoms with Crippen molar-refractivity contribution in [2.24, 2.45) is 5.92 Å². The Kier molecular flexibility index (Phi) is 5.44. The third kappa shape index (κ3) is 3.67. The largest absolute Gasteiger partial charge is 0.377 e. The number of rotatable bonds is 6. The predicted octanol–water partition coefficient (Wildman–Crippen LogP) is 3.19. The molecule has 1 saturated carbocycles. The van der Waals surface area contributed by atoms with Crippen molar-refractivity contribution in [3.63, 3.8) is 0 Å². The van der Waals surface area contributed by atoms with Crippen LogP contribution in [0, 0.1) is 5.92 Å². The Hall–Kier alpha value is -0.870. The van der Waals surface area contributed by atoms with E-state index in [1.165, 1.54) is 12.8 Å². The van der Waals surface area contributed by atoms with Crippen LogP contribution in [-0.4, -0.2) is 35.6 Å². The summed E-state index contributed by atoms with van der Waals surface area (Å²) in [6.45, 7) is 6.66. The lowest BCUT2D eigenvalue weighted by Gasteiger charge is -2.44. The lowest BCUT2D eigenvalue weighted by molar-refractivity contribution is -0.0777. The molecule has 1 aliphatic carbocycles. The Bertz CT molecular complexity index is 443.